The van der Waals surface area contributed by atoms with Gasteiger partial charge in [0.05, 0.1) is 29.1 Å². The molecule has 2 rings (SSSR count). The SMILES string of the molecule is CCOC(=O)c1cccc(NC(=O)[C@H](C)N(c2cc(Cl)ccc2Cl)S(C)(=O)=O)c1. The van der Waals surface area contributed by atoms with E-state index < -0.39 is 27.9 Å². The van der Waals surface area contributed by atoms with Crippen molar-refractivity contribution < 1.29 is 22.7 Å². The van der Waals surface area contributed by atoms with Gasteiger partial charge in [-0.05, 0) is 50.2 Å². The highest BCUT2D eigenvalue weighted by Crippen LogP contribution is 2.32. The molecule has 0 fully saturated rings. The van der Waals surface area contributed by atoms with Crippen LogP contribution in [0, 0.1) is 0 Å². The summed E-state index contributed by atoms with van der Waals surface area (Å²) < 4.78 is 30.6. The summed E-state index contributed by atoms with van der Waals surface area (Å²) in [6.45, 7) is 3.32. The molecule has 0 heterocycles. The molecule has 0 unspecified atom stereocenters. The minimum absolute atomic E-state index is 0.0876. The van der Waals surface area contributed by atoms with E-state index >= 15 is 0 Å². The van der Waals surface area contributed by atoms with Crippen molar-refractivity contribution in [2.45, 2.75) is 19.9 Å². The highest BCUT2D eigenvalue weighted by atomic mass is 35.5. The first kappa shape index (κ1) is 23.0. The minimum atomic E-state index is -3.87. The predicted octanol–water partition coefficient (Wildman–Crippen LogP) is 3.96. The Morgan fingerprint density at radius 3 is 2.48 bits per heavy atom. The molecule has 2 aromatic carbocycles. The molecule has 0 saturated heterocycles. The van der Waals surface area contributed by atoms with Crippen LogP contribution in [0.1, 0.15) is 24.2 Å². The Labute approximate surface area is 179 Å². The molecule has 0 aliphatic heterocycles. The number of rotatable bonds is 7. The zero-order valence-electron chi connectivity index (χ0n) is 16.0. The zero-order valence-corrected chi connectivity index (χ0v) is 18.3. The number of amides is 1. The Hall–Kier alpha value is -2.29. The molecule has 2 aromatic rings. The number of sulfonamides is 1. The highest BCUT2D eigenvalue weighted by Gasteiger charge is 2.31. The molecule has 0 bridgehead atoms. The van der Waals surface area contributed by atoms with E-state index in [0.717, 1.165) is 10.6 Å². The van der Waals surface area contributed by atoms with Gasteiger partial charge in [0.15, 0.2) is 0 Å². The summed E-state index contributed by atoms with van der Waals surface area (Å²) in [5, 5.41) is 3.01. The van der Waals surface area contributed by atoms with Crippen LogP contribution in [-0.4, -0.2) is 39.2 Å². The topological polar surface area (TPSA) is 92.8 Å². The van der Waals surface area contributed by atoms with Gasteiger partial charge in [0.1, 0.15) is 6.04 Å². The number of esters is 1. The third-order valence-electron chi connectivity index (χ3n) is 3.88. The average molecular weight is 459 g/mol. The summed E-state index contributed by atoms with van der Waals surface area (Å²) in [6.07, 6.45) is 0.968. The van der Waals surface area contributed by atoms with Crippen LogP contribution in [0.2, 0.25) is 10.0 Å². The van der Waals surface area contributed by atoms with E-state index in [4.69, 9.17) is 27.9 Å². The minimum Gasteiger partial charge on any atom is -0.462 e. The first-order valence-corrected chi connectivity index (χ1v) is 11.2. The summed E-state index contributed by atoms with van der Waals surface area (Å²) in [5.41, 5.74) is 0.665. The van der Waals surface area contributed by atoms with Gasteiger partial charge in [0.25, 0.3) is 0 Å². The van der Waals surface area contributed by atoms with Gasteiger partial charge in [-0.3, -0.25) is 9.10 Å². The fourth-order valence-corrected chi connectivity index (χ4v) is 4.22. The van der Waals surface area contributed by atoms with Crippen LogP contribution in [0.5, 0.6) is 0 Å². The van der Waals surface area contributed by atoms with Crippen molar-refractivity contribution in [2.24, 2.45) is 0 Å². The Morgan fingerprint density at radius 2 is 1.86 bits per heavy atom. The molecule has 0 radical (unpaired) electrons. The van der Waals surface area contributed by atoms with Crippen molar-refractivity contribution in [2.75, 3.05) is 22.5 Å². The maximum absolute atomic E-state index is 12.8. The van der Waals surface area contributed by atoms with Crippen molar-refractivity contribution in [1.82, 2.24) is 0 Å². The number of ether oxygens (including phenoxy) is 1. The number of nitrogens with one attached hydrogen (secondary N) is 1. The summed E-state index contributed by atoms with van der Waals surface area (Å²) in [7, 11) is -3.87. The van der Waals surface area contributed by atoms with Crippen LogP contribution in [0.25, 0.3) is 0 Å². The number of anilines is 2. The van der Waals surface area contributed by atoms with Crippen LogP contribution in [-0.2, 0) is 19.6 Å². The number of carbonyl (C=O) groups excluding carboxylic acids is 2. The molecule has 0 aliphatic rings. The van der Waals surface area contributed by atoms with E-state index in [0.29, 0.717) is 5.69 Å². The molecule has 1 N–H and O–H groups in total. The molecule has 29 heavy (non-hydrogen) atoms. The Bertz CT molecular complexity index is 1030. The molecule has 1 amide bonds. The van der Waals surface area contributed by atoms with Gasteiger partial charge < -0.3 is 10.1 Å². The standard InChI is InChI=1S/C19H20Cl2N2O5S/c1-4-28-19(25)13-6-5-7-15(10-13)22-18(24)12(2)23(29(3,26)27)17-11-14(20)8-9-16(17)21/h5-12H,4H2,1-3H3,(H,22,24)/t12-/m0/s1. The van der Waals surface area contributed by atoms with Gasteiger partial charge >= 0.3 is 5.97 Å². The van der Waals surface area contributed by atoms with Gasteiger partial charge in [-0.2, -0.15) is 0 Å². The lowest BCUT2D eigenvalue weighted by atomic mass is 10.2. The van der Waals surface area contributed by atoms with E-state index in [2.05, 4.69) is 5.32 Å². The summed E-state index contributed by atoms with van der Waals surface area (Å²) >= 11 is 12.1. The molecule has 0 aromatic heterocycles. The summed E-state index contributed by atoms with van der Waals surface area (Å²) in [6, 6.07) is 9.33. The maximum Gasteiger partial charge on any atom is 0.338 e. The van der Waals surface area contributed by atoms with E-state index in [1.54, 1.807) is 25.1 Å². The van der Waals surface area contributed by atoms with Crippen LogP contribution >= 0.6 is 23.2 Å². The number of halogens is 2. The third-order valence-corrected chi connectivity index (χ3v) is 5.66. The number of hydrogen-bond donors (Lipinski definition) is 1. The molecular formula is C19H20Cl2N2O5S. The van der Waals surface area contributed by atoms with Gasteiger partial charge in [-0.15, -0.1) is 0 Å². The number of hydrogen-bond acceptors (Lipinski definition) is 5. The summed E-state index contributed by atoms with van der Waals surface area (Å²) in [4.78, 5) is 24.6. The van der Waals surface area contributed by atoms with Crippen molar-refractivity contribution >= 4 is 56.5 Å². The van der Waals surface area contributed by atoms with E-state index in [1.807, 2.05) is 0 Å². The Balaban J connectivity index is 2.32. The second kappa shape index (κ2) is 9.47. The van der Waals surface area contributed by atoms with Crippen LogP contribution in [0.3, 0.4) is 0 Å². The summed E-state index contributed by atoms with van der Waals surface area (Å²) in [5.74, 6) is -1.15. The van der Waals surface area contributed by atoms with Crippen molar-refractivity contribution in [3.05, 3.63) is 58.1 Å². The third kappa shape index (κ3) is 5.85. The predicted molar refractivity (Wildman–Crippen MR) is 114 cm³/mol. The lowest BCUT2D eigenvalue weighted by Gasteiger charge is -2.29. The molecule has 1 atom stereocenters. The van der Waals surface area contributed by atoms with Gasteiger partial charge in [-0.1, -0.05) is 29.3 Å². The molecular weight excluding hydrogens is 439 g/mol. The molecule has 156 valence electrons. The smallest absolute Gasteiger partial charge is 0.338 e. The first-order valence-electron chi connectivity index (χ1n) is 8.57. The van der Waals surface area contributed by atoms with Gasteiger partial charge in [0, 0.05) is 10.7 Å². The Morgan fingerprint density at radius 1 is 1.17 bits per heavy atom. The Kier molecular flexibility index (Phi) is 7.51. The van der Waals surface area contributed by atoms with E-state index in [-0.39, 0.29) is 27.9 Å². The number of nitrogens with zero attached hydrogens (tertiary/aromatic N) is 1. The molecule has 0 saturated carbocycles. The highest BCUT2D eigenvalue weighted by molar-refractivity contribution is 7.92. The monoisotopic (exact) mass is 458 g/mol. The van der Waals surface area contributed by atoms with E-state index in [1.165, 1.54) is 31.2 Å². The number of benzene rings is 2. The maximum atomic E-state index is 12.8. The van der Waals surface area contributed by atoms with Crippen LogP contribution < -0.4 is 9.62 Å². The average Bonchev–Trinajstić information content (AvgIpc) is 2.64. The number of carbonyl (C=O) groups is 2. The van der Waals surface area contributed by atoms with Crippen LogP contribution in [0.15, 0.2) is 42.5 Å². The fourth-order valence-electron chi connectivity index (χ4n) is 2.62. The lowest BCUT2D eigenvalue weighted by molar-refractivity contribution is -0.116. The molecule has 0 aliphatic carbocycles. The van der Waals surface area contributed by atoms with Gasteiger partial charge in [-0.25, -0.2) is 13.2 Å². The normalized spacial score (nSPS) is 12.2. The molecule has 10 heteroatoms. The van der Waals surface area contributed by atoms with Crippen LogP contribution in [0.4, 0.5) is 11.4 Å². The van der Waals surface area contributed by atoms with E-state index in [9.17, 15) is 18.0 Å². The first-order chi connectivity index (χ1) is 13.5. The van der Waals surface area contributed by atoms with Gasteiger partial charge in [0.2, 0.25) is 15.9 Å². The van der Waals surface area contributed by atoms with Crippen molar-refractivity contribution in [3.63, 3.8) is 0 Å². The zero-order chi connectivity index (χ0) is 21.8. The van der Waals surface area contributed by atoms with Crippen molar-refractivity contribution in [3.8, 4) is 0 Å². The quantitative estimate of drug-likeness (QED) is 0.633. The lowest BCUT2D eigenvalue weighted by Crippen LogP contribution is -2.45. The largest absolute Gasteiger partial charge is 0.462 e. The second-order valence-corrected chi connectivity index (χ2v) is 8.82. The molecule has 0 spiro atoms. The fraction of sp³-hybridized carbons (Fsp3) is 0.263. The molecule has 7 nitrogen and oxygen atoms in total. The second-order valence-electron chi connectivity index (χ2n) is 6.12. The van der Waals surface area contributed by atoms with Crippen molar-refractivity contribution in [1.29, 1.82) is 0 Å².